The van der Waals surface area contributed by atoms with Crippen molar-refractivity contribution in [2.45, 2.75) is 303 Å². The van der Waals surface area contributed by atoms with Crippen LogP contribution in [0.4, 0.5) is 0 Å². The van der Waals surface area contributed by atoms with Gasteiger partial charge in [-0.3, -0.25) is 14.4 Å². The molecule has 0 N–H and O–H groups in total. The molecule has 0 aliphatic carbocycles. The second kappa shape index (κ2) is 67.1. The Morgan fingerprint density at radius 3 is 0.762 bits per heavy atom. The smallest absolute Gasteiger partial charge is 0.306 e. The molecule has 0 heterocycles. The molecule has 0 radical (unpaired) electrons. The molecule has 6 nitrogen and oxygen atoms in total. The molecule has 1 unspecified atom stereocenters. The number of carbonyl (C=O) groups is 3. The molecule has 454 valence electrons. The highest BCUT2D eigenvalue weighted by Crippen LogP contribution is 2.16. The number of ether oxygens (including phenoxy) is 3. The van der Waals surface area contributed by atoms with Crippen LogP contribution in [0.3, 0.4) is 0 Å². The van der Waals surface area contributed by atoms with Gasteiger partial charge in [-0.1, -0.05) is 296 Å². The summed E-state index contributed by atoms with van der Waals surface area (Å²) in [6.45, 7) is 6.40. The number of unbranched alkanes of at least 4 members (excludes halogenated alkanes) is 26. The van der Waals surface area contributed by atoms with Crippen molar-refractivity contribution < 1.29 is 28.6 Å². The molecule has 0 aromatic heterocycles. The summed E-state index contributed by atoms with van der Waals surface area (Å²) < 4.78 is 16.9. The fourth-order valence-corrected chi connectivity index (χ4v) is 9.00. The molecule has 0 aliphatic heterocycles. The molecule has 0 saturated heterocycles. The second-order valence-electron chi connectivity index (χ2n) is 21.6. The summed E-state index contributed by atoms with van der Waals surface area (Å²) in [4.78, 5) is 38.3. The minimum Gasteiger partial charge on any atom is -0.462 e. The zero-order chi connectivity index (χ0) is 57.8. The van der Waals surface area contributed by atoms with E-state index in [-0.39, 0.29) is 31.1 Å². The third kappa shape index (κ3) is 64.4. The Bertz CT molecular complexity index is 1700. The van der Waals surface area contributed by atoms with Crippen LogP contribution in [-0.4, -0.2) is 37.2 Å². The van der Waals surface area contributed by atoms with Crippen molar-refractivity contribution in [1.82, 2.24) is 0 Å². The Hall–Kier alpha value is -4.45. The van der Waals surface area contributed by atoms with E-state index in [1.807, 2.05) is 0 Å². The van der Waals surface area contributed by atoms with Crippen LogP contribution in [0.15, 0.2) is 134 Å². The zero-order valence-electron chi connectivity index (χ0n) is 52.0. The lowest BCUT2D eigenvalue weighted by Crippen LogP contribution is -2.30. The normalized spacial score (nSPS) is 13.0. The Balaban J connectivity index is 4.30. The standard InChI is InChI=1S/C74H122O6/c1-4-7-10-13-16-19-22-24-26-28-30-32-34-36-37-39-40-42-44-46-48-50-52-55-58-61-64-67-73(76)79-70-71(69-78-72(75)66-63-60-57-54-21-18-15-12-9-6-3)80-74(77)68-65-62-59-56-53-51-49-47-45-43-41-38-35-33-31-29-27-25-23-20-17-14-11-8-5-2/h7-8,10-11,16-17,19-20,24-27,30-33,36-37,40,42,46,48,71H,4-6,9,12-15,18,21-23,28-29,34-35,38-39,41,43-45,47,49-70H2,1-3H3/b10-7-,11-8-,19-16-,20-17-,26-24-,27-25-,32-30-,33-31-,37-36-,42-40-,48-46-. The van der Waals surface area contributed by atoms with E-state index in [1.54, 1.807) is 0 Å². The van der Waals surface area contributed by atoms with Crippen LogP contribution in [0.1, 0.15) is 297 Å². The van der Waals surface area contributed by atoms with Crippen molar-refractivity contribution in [1.29, 1.82) is 0 Å². The van der Waals surface area contributed by atoms with E-state index in [4.69, 9.17) is 14.2 Å². The minimum absolute atomic E-state index is 0.0858. The maximum atomic E-state index is 12.9. The van der Waals surface area contributed by atoms with Gasteiger partial charge >= 0.3 is 17.9 Å². The third-order valence-electron chi connectivity index (χ3n) is 13.9. The quantitative estimate of drug-likeness (QED) is 0.0261. The molecule has 0 fully saturated rings. The largest absolute Gasteiger partial charge is 0.462 e. The van der Waals surface area contributed by atoms with Crippen LogP contribution in [0, 0.1) is 0 Å². The first kappa shape index (κ1) is 75.5. The van der Waals surface area contributed by atoms with Gasteiger partial charge in [0.15, 0.2) is 6.10 Å². The first-order chi connectivity index (χ1) is 39.5. The maximum Gasteiger partial charge on any atom is 0.306 e. The topological polar surface area (TPSA) is 78.9 Å². The van der Waals surface area contributed by atoms with Gasteiger partial charge < -0.3 is 14.2 Å². The van der Waals surface area contributed by atoms with Gasteiger partial charge in [-0.25, -0.2) is 0 Å². The highest BCUT2D eigenvalue weighted by Gasteiger charge is 2.19. The van der Waals surface area contributed by atoms with Gasteiger partial charge in [0.25, 0.3) is 0 Å². The van der Waals surface area contributed by atoms with Crippen LogP contribution in [0.2, 0.25) is 0 Å². The van der Waals surface area contributed by atoms with Crippen molar-refractivity contribution in [2.24, 2.45) is 0 Å². The van der Waals surface area contributed by atoms with Crippen LogP contribution in [-0.2, 0) is 28.6 Å². The molecule has 0 spiro atoms. The van der Waals surface area contributed by atoms with E-state index >= 15 is 0 Å². The monoisotopic (exact) mass is 1110 g/mol. The van der Waals surface area contributed by atoms with Crippen LogP contribution >= 0.6 is 0 Å². The summed E-state index contributed by atoms with van der Waals surface area (Å²) in [5.74, 6) is -0.904. The summed E-state index contributed by atoms with van der Waals surface area (Å²) in [6.07, 6.45) is 94.6. The fraction of sp³-hybridized carbons (Fsp3) is 0.662. The average molecular weight is 1110 g/mol. The number of carbonyl (C=O) groups excluding carboxylic acids is 3. The van der Waals surface area contributed by atoms with Gasteiger partial charge in [-0.15, -0.1) is 0 Å². The van der Waals surface area contributed by atoms with Crippen molar-refractivity contribution in [3.63, 3.8) is 0 Å². The Morgan fingerprint density at radius 1 is 0.263 bits per heavy atom. The fourth-order valence-electron chi connectivity index (χ4n) is 9.00. The van der Waals surface area contributed by atoms with Gasteiger partial charge in [0, 0.05) is 19.3 Å². The SMILES string of the molecule is CC/C=C\C/C=C\C/C=C\C/C=C\C/C=C\C/C=C\C/C=C\CCCCCCCC(=O)OCC(COC(=O)CCCCCCCCCCCC)OC(=O)CCCCCCCCCCCCCC/C=C\C/C=C\C/C=C\C/C=C\CC. The summed E-state index contributed by atoms with van der Waals surface area (Å²) in [5, 5.41) is 0. The molecule has 1 atom stereocenters. The highest BCUT2D eigenvalue weighted by atomic mass is 16.6. The van der Waals surface area contributed by atoms with Crippen molar-refractivity contribution in [3.8, 4) is 0 Å². The van der Waals surface area contributed by atoms with E-state index in [1.165, 1.54) is 109 Å². The number of hydrogen-bond donors (Lipinski definition) is 0. The molecule has 0 saturated carbocycles. The summed E-state index contributed by atoms with van der Waals surface area (Å²) in [5.41, 5.74) is 0. The van der Waals surface area contributed by atoms with Crippen molar-refractivity contribution in [3.05, 3.63) is 134 Å². The molecule has 0 aliphatic rings. The van der Waals surface area contributed by atoms with E-state index in [9.17, 15) is 14.4 Å². The lowest BCUT2D eigenvalue weighted by molar-refractivity contribution is -0.167. The van der Waals surface area contributed by atoms with E-state index < -0.39 is 6.10 Å². The first-order valence-electron chi connectivity index (χ1n) is 33.2. The Labute approximate surface area is 494 Å². The van der Waals surface area contributed by atoms with Gasteiger partial charge in [0.2, 0.25) is 0 Å². The number of hydrogen-bond acceptors (Lipinski definition) is 6. The Kier molecular flexibility index (Phi) is 63.3. The number of rotatable bonds is 59. The predicted octanol–water partition coefficient (Wildman–Crippen LogP) is 22.9. The molecular formula is C74H122O6. The molecule has 6 heteroatoms. The van der Waals surface area contributed by atoms with Crippen molar-refractivity contribution in [2.75, 3.05) is 13.2 Å². The summed E-state index contributed by atoms with van der Waals surface area (Å²) >= 11 is 0. The van der Waals surface area contributed by atoms with Crippen LogP contribution < -0.4 is 0 Å². The molecule has 0 aromatic rings. The molecule has 80 heavy (non-hydrogen) atoms. The third-order valence-corrected chi connectivity index (χ3v) is 13.9. The molecular weight excluding hydrogens is 985 g/mol. The summed E-state index contributed by atoms with van der Waals surface area (Å²) in [6, 6.07) is 0. The number of esters is 3. The van der Waals surface area contributed by atoms with Crippen molar-refractivity contribution >= 4 is 17.9 Å². The van der Waals surface area contributed by atoms with E-state index in [0.717, 1.165) is 148 Å². The zero-order valence-corrected chi connectivity index (χ0v) is 52.0. The lowest BCUT2D eigenvalue weighted by Gasteiger charge is -2.18. The molecule has 0 bridgehead atoms. The van der Waals surface area contributed by atoms with E-state index in [0.29, 0.717) is 19.3 Å². The summed E-state index contributed by atoms with van der Waals surface area (Å²) in [7, 11) is 0. The maximum absolute atomic E-state index is 12.9. The minimum atomic E-state index is -0.791. The van der Waals surface area contributed by atoms with Crippen LogP contribution in [0.25, 0.3) is 0 Å². The average Bonchev–Trinajstić information content (AvgIpc) is 3.46. The van der Waals surface area contributed by atoms with Gasteiger partial charge in [-0.05, 0) is 116 Å². The second-order valence-corrected chi connectivity index (χ2v) is 21.6. The van der Waals surface area contributed by atoms with Crippen LogP contribution in [0.5, 0.6) is 0 Å². The van der Waals surface area contributed by atoms with E-state index in [2.05, 4.69) is 154 Å². The first-order valence-corrected chi connectivity index (χ1v) is 33.2. The molecule has 0 aromatic carbocycles. The molecule has 0 amide bonds. The van der Waals surface area contributed by atoms with Gasteiger partial charge in [-0.2, -0.15) is 0 Å². The Morgan fingerprint density at radius 2 is 0.487 bits per heavy atom. The lowest BCUT2D eigenvalue weighted by atomic mass is 10.0. The highest BCUT2D eigenvalue weighted by molar-refractivity contribution is 5.71. The number of allylic oxidation sites excluding steroid dienone is 22. The van der Waals surface area contributed by atoms with Gasteiger partial charge in [0.05, 0.1) is 0 Å². The molecule has 0 rings (SSSR count). The van der Waals surface area contributed by atoms with Gasteiger partial charge in [0.1, 0.15) is 13.2 Å². The predicted molar refractivity (Wildman–Crippen MR) is 348 cm³/mol.